The molecule has 2 saturated heterocycles. The van der Waals surface area contributed by atoms with Crippen molar-refractivity contribution >= 4 is 58.3 Å². The Morgan fingerprint density at radius 1 is 0.606 bits per heavy atom. The van der Waals surface area contributed by atoms with Gasteiger partial charge in [-0.25, -0.2) is 29.5 Å². The predicted octanol–water partition coefficient (Wildman–Crippen LogP) is 5.56. The quantitative estimate of drug-likeness (QED) is 0.155. The lowest BCUT2D eigenvalue weighted by atomic mass is 9.93. The molecule has 4 aromatic rings. The molecule has 0 bridgehead atoms. The van der Waals surface area contributed by atoms with E-state index >= 15 is 0 Å². The zero-order valence-corrected chi connectivity index (χ0v) is 37.4. The first-order chi connectivity index (χ1) is 32.0. The minimum absolute atomic E-state index is 0.0675. The third-order valence-corrected chi connectivity index (χ3v) is 13.8. The van der Waals surface area contributed by atoms with E-state index in [0.29, 0.717) is 88.2 Å². The van der Waals surface area contributed by atoms with E-state index in [-0.39, 0.29) is 23.9 Å². The Kier molecular flexibility index (Phi) is 10.7. The number of ether oxygens (including phenoxy) is 2. The van der Waals surface area contributed by atoms with Crippen molar-refractivity contribution in [2.24, 2.45) is 11.8 Å². The van der Waals surface area contributed by atoms with E-state index in [0.717, 1.165) is 96.9 Å². The molecule has 2 atom stereocenters. The number of aromatic nitrogens is 4. The maximum absolute atomic E-state index is 13.5. The van der Waals surface area contributed by atoms with Crippen LogP contribution in [-0.4, -0.2) is 120 Å². The van der Waals surface area contributed by atoms with E-state index in [9.17, 15) is 19.2 Å². The number of hydrogen-bond donors (Lipinski definition) is 4. The minimum Gasteiger partial charge on any atom is -0.377 e. The van der Waals surface area contributed by atoms with Crippen LogP contribution in [0.4, 0.5) is 44.0 Å². The van der Waals surface area contributed by atoms with E-state index in [1.165, 1.54) is 0 Å². The number of rotatable bonds is 10. The van der Waals surface area contributed by atoms with Gasteiger partial charge >= 0.3 is 12.1 Å². The number of urea groups is 2. The van der Waals surface area contributed by atoms with Gasteiger partial charge in [-0.05, 0) is 126 Å². The van der Waals surface area contributed by atoms with Crippen LogP contribution in [0.2, 0.25) is 0 Å². The second-order valence-electron chi connectivity index (χ2n) is 19.4. The molecule has 6 amide bonds. The van der Waals surface area contributed by atoms with Crippen LogP contribution in [0.5, 0.6) is 0 Å². The minimum atomic E-state index is -0.755. The van der Waals surface area contributed by atoms with Crippen LogP contribution in [0.25, 0.3) is 22.8 Å². The average Bonchev–Trinajstić information content (AvgIpc) is 4.08. The molecule has 6 fully saturated rings. The fourth-order valence-electron chi connectivity index (χ4n) is 9.17. The monoisotopic (exact) mass is 896 g/mol. The van der Waals surface area contributed by atoms with Gasteiger partial charge in [-0.1, -0.05) is 0 Å². The first kappa shape index (κ1) is 42.2. The number of hydrogen-bond acceptors (Lipinski definition) is 12. The molecule has 4 aliphatic carbocycles. The summed E-state index contributed by atoms with van der Waals surface area (Å²) in [4.78, 5) is 77.9. The Morgan fingerprint density at radius 2 is 1.00 bits per heavy atom. The van der Waals surface area contributed by atoms with Gasteiger partial charge in [0, 0.05) is 60.8 Å². The fraction of sp³-hybridized carbons (Fsp3) is 0.500. The summed E-state index contributed by atoms with van der Waals surface area (Å²) in [6, 6.07) is 15.3. The van der Waals surface area contributed by atoms with Crippen molar-refractivity contribution in [3.8, 4) is 22.8 Å². The second-order valence-corrected chi connectivity index (χ2v) is 19.4. The predicted molar refractivity (Wildman–Crippen MR) is 249 cm³/mol. The van der Waals surface area contributed by atoms with E-state index in [4.69, 9.17) is 19.4 Å². The van der Waals surface area contributed by atoms with Gasteiger partial charge in [-0.2, -0.15) is 0 Å². The Bertz CT molecular complexity index is 2370. The number of anilines is 6. The molecule has 8 aliphatic rings. The van der Waals surface area contributed by atoms with Crippen molar-refractivity contribution in [1.29, 1.82) is 0 Å². The van der Waals surface area contributed by atoms with Crippen molar-refractivity contribution < 1.29 is 28.7 Å². The first-order valence-corrected chi connectivity index (χ1v) is 23.5. The molecule has 18 nitrogen and oxygen atoms in total. The zero-order chi connectivity index (χ0) is 45.2. The van der Waals surface area contributed by atoms with E-state index in [1.54, 1.807) is 12.4 Å². The summed E-state index contributed by atoms with van der Waals surface area (Å²) in [7, 11) is 0. The number of fused-ring (bicyclic) bond motifs is 6. The maximum Gasteiger partial charge on any atom is 0.319 e. The number of benzene rings is 2. The summed E-state index contributed by atoms with van der Waals surface area (Å²) in [5.74, 6) is 4.01. The molecule has 66 heavy (non-hydrogen) atoms. The van der Waals surface area contributed by atoms with Gasteiger partial charge in [0.05, 0.1) is 38.8 Å². The Morgan fingerprint density at radius 3 is 1.36 bits per heavy atom. The topological polar surface area (TPSA) is 199 Å². The van der Waals surface area contributed by atoms with Gasteiger partial charge in [-0.3, -0.25) is 9.59 Å². The highest BCUT2D eigenvalue weighted by molar-refractivity contribution is 6.09. The maximum atomic E-state index is 13.5. The highest BCUT2D eigenvalue weighted by Crippen LogP contribution is 2.45. The third kappa shape index (κ3) is 8.47. The second kappa shape index (κ2) is 16.8. The molecule has 2 aromatic carbocycles. The van der Waals surface area contributed by atoms with Crippen LogP contribution in [0.15, 0.2) is 60.9 Å². The molecule has 18 heteroatoms. The summed E-state index contributed by atoms with van der Waals surface area (Å²) >= 11 is 0. The van der Waals surface area contributed by atoms with Crippen molar-refractivity contribution in [3.63, 3.8) is 0 Å². The van der Waals surface area contributed by atoms with Crippen molar-refractivity contribution in [3.05, 3.63) is 60.9 Å². The Hall–Kier alpha value is -6.40. The average molecular weight is 897 g/mol. The molecule has 344 valence electrons. The molecule has 0 unspecified atom stereocenters. The lowest BCUT2D eigenvalue weighted by Gasteiger charge is -2.50. The number of carbonyl (C=O) groups is 4. The van der Waals surface area contributed by atoms with Crippen LogP contribution in [0, 0.1) is 11.8 Å². The smallest absolute Gasteiger partial charge is 0.319 e. The van der Waals surface area contributed by atoms with Crippen LogP contribution >= 0.6 is 0 Å². The molecule has 12 rings (SSSR count). The van der Waals surface area contributed by atoms with Crippen molar-refractivity contribution in [2.75, 3.05) is 82.8 Å². The summed E-state index contributed by atoms with van der Waals surface area (Å²) in [5.41, 5.74) is 3.20. The van der Waals surface area contributed by atoms with Crippen LogP contribution < -0.4 is 40.9 Å². The molecule has 0 spiro atoms. The summed E-state index contributed by atoms with van der Waals surface area (Å²) in [6.45, 7) is 8.39. The Balaban J connectivity index is 0.000000146. The zero-order valence-electron chi connectivity index (χ0n) is 37.4. The number of nitrogens with one attached hydrogen (secondary N) is 4. The molecule has 2 aromatic heterocycles. The third-order valence-electron chi connectivity index (χ3n) is 13.8. The number of morpholine rings is 2. The lowest BCUT2D eigenvalue weighted by Crippen LogP contribution is -2.67. The van der Waals surface area contributed by atoms with Gasteiger partial charge in [0.15, 0.2) is 23.3 Å². The van der Waals surface area contributed by atoms with E-state index < -0.39 is 11.1 Å². The van der Waals surface area contributed by atoms with Crippen LogP contribution in [0.1, 0.15) is 65.2 Å². The highest BCUT2D eigenvalue weighted by Gasteiger charge is 2.53. The molecule has 0 radical (unpaired) electrons. The standard InChI is InChI=1S/2C24H28N6O3/c2*1-24-14-33-11-10-30(24)21-19(29(22(24)31)13-15-2-3-15)12-25-20(28-21)16-4-6-17(7-5-16)26-23(32)27-18-8-9-18/h2*4-7,12,15,18H,2-3,8-11,13-14H2,1H3,(H2,26,27,32)/t2*24-/m10/s1. The highest BCUT2D eigenvalue weighted by atomic mass is 16.5. The lowest BCUT2D eigenvalue weighted by molar-refractivity contribution is -0.128. The van der Waals surface area contributed by atoms with Gasteiger partial charge in [0.2, 0.25) is 0 Å². The van der Waals surface area contributed by atoms with Crippen LogP contribution in [-0.2, 0) is 19.1 Å². The largest absolute Gasteiger partial charge is 0.377 e. The molecule has 4 saturated carbocycles. The SMILES string of the molecule is C[C@@]12COCCN1c1nc(-c3ccc(NC(=O)NC4CC4)cc3)ncc1N(CC1CC1)C2=O.C[C@]12COCCN1c1nc(-c3ccc(NC(=O)NC4CC4)cc3)ncc1N(CC1CC1)C2=O. The molecule has 6 heterocycles. The van der Waals surface area contributed by atoms with Crippen LogP contribution in [0.3, 0.4) is 0 Å². The first-order valence-electron chi connectivity index (χ1n) is 23.5. The molecule has 4 N–H and O–H groups in total. The molecular weight excluding hydrogens is 841 g/mol. The van der Waals surface area contributed by atoms with Gasteiger partial charge in [-0.15, -0.1) is 0 Å². The summed E-state index contributed by atoms with van der Waals surface area (Å²) in [6.07, 6.45) is 12.4. The normalized spacial score (nSPS) is 24.2. The number of amides is 6. The number of carbonyl (C=O) groups excluding carboxylic acids is 4. The van der Waals surface area contributed by atoms with Crippen molar-refractivity contribution in [2.45, 2.75) is 88.4 Å². The molecular formula is C48H56N12O6. The van der Waals surface area contributed by atoms with Gasteiger partial charge < -0.3 is 50.3 Å². The van der Waals surface area contributed by atoms with E-state index in [1.807, 2.05) is 72.2 Å². The molecule has 4 aliphatic heterocycles. The summed E-state index contributed by atoms with van der Waals surface area (Å²) < 4.78 is 11.4. The van der Waals surface area contributed by atoms with E-state index in [2.05, 4.69) is 41.0 Å². The van der Waals surface area contributed by atoms with Gasteiger partial charge in [0.25, 0.3) is 11.8 Å². The fourth-order valence-corrected chi connectivity index (χ4v) is 9.17. The summed E-state index contributed by atoms with van der Waals surface area (Å²) in [5, 5.41) is 11.6. The van der Waals surface area contributed by atoms with Crippen molar-refractivity contribution in [1.82, 2.24) is 30.6 Å². The Labute approximate surface area is 383 Å². The van der Waals surface area contributed by atoms with Gasteiger partial charge in [0.1, 0.15) is 22.5 Å². The number of nitrogens with zero attached hydrogens (tertiary/aromatic N) is 8.